The molecule has 0 amide bonds. The molecule has 1 aromatic carbocycles. The van der Waals surface area contributed by atoms with Crippen molar-refractivity contribution in [2.75, 3.05) is 7.11 Å². The van der Waals surface area contributed by atoms with Gasteiger partial charge in [-0.1, -0.05) is 18.2 Å². The minimum atomic E-state index is -0.272. The maximum atomic E-state index is 12.3. The molecule has 0 saturated heterocycles. The lowest BCUT2D eigenvalue weighted by molar-refractivity contribution is 0.416. The van der Waals surface area contributed by atoms with Crippen LogP contribution in [0.15, 0.2) is 41.3 Å². The van der Waals surface area contributed by atoms with Crippen molar-refractivity contribution in [2.24, 2.45) is 0 Å². The molecule has 0 fully saturated rings. The lowest BCUT2D eigenvalue weighted by Gasteiger charge is -2.14. The molecule has 2 rings (SSSR count). The van der Waals surface area contributed by atoms with Crippen LogP contribution in [0.5, 0.6) is 5.75 Å². The van der Waals surface area contributed by atoms with E-state index in [0.29, 0.717) is 11.3 Å². The highest BCUT2D eigenvalue weighted by Gasteiger charge is 2.15. The van der Waals surface area contributed by atoms with Gasteiger partial charge in [-0.3, -0.25) is 4.79 Å². The fraction of sp³-hybridized carbons (Fsp3) is 0.250. The van der Waals surface area contributed by atoms with Crippen LogP contribution in [0.25, 0.3) is 11.1 Å². The molecule has 1 heterocycles. The van der Waals surface area contributed by atoms with Crippen molar-refractivity contribution in [1.82, 2.24) is 4.57 Å². The minimum Gasteiger partial charge on any atom is -0.496 e. The first-order chi connectivity index (χ1) is 9.60. The summed E-state index contributed by atoms with van der Waals surface area (Å²) in [5, 5.41) is 9.33. The van der Waals surface area contributed by atoms with E-state index in [2.05, 4.69) is 0 Å². The average molecular weight is 268 g/mol. The van der Waals surface area contributed by atoms with Crippen molar-refractivity contribution < 1.29 is 4.74 Å². The Morgan fingerprint density at radius 1 is 1.20 bits per heavy atom. The van der Waals surface area contributed by atoms with Gasteiger partial charge in [0.25, 0.3) is 5.56 Å². The van der Waals surface area contributed by atoms with Crippen molar-refractivity contribution in [3.63, 3.8) is 0 Å². The molecule has 0 aliphatic heterocycles. The number of rotatable bonds is 3. The van der Waals surface area contributed by atoms with Gasteiger partial charge in [0.2, 0.25) is 0 Å². The van der Waals surface area contributed by atoms with Crippen LogP contribution in [0.3, 0.4) is 0 Å². The standard InChI is InChI=1S/C16H16N2O2/c1-11(2)18-9-8-12(14(10-17)16(18)19)13-6-4-5-7-15(13)20-3/h4-9,11H,1-3H3. The quantitative estimate of drug-likeness (QED) is 0.860. The highest BCUT2D eigenvalue weighted by Crippen LogP contribution is 2.30. The number of nitrogens with zero attached hydrogens (tertiary/aromatic N) is 2. The topological polar surface area (TPSA) is 55.0 Å². The number of aromatic nitrogens is 1. The Bertz CT molecular complexity index is 724. The van der Waals surface area contributed by atoms with Crippen molar-refractivity contribution in [3.05, 3.63) is 52.4 Å². The van der Waals surface area contributed by atoms with Gasteiger partial charge >= 0.3 is 0 Å². The summed E-state index contributed by atoms with van der Waals surface area (Å²) in [6.45, 7) is 3.82. The van der Waals surface area contributed by atoms with Crippen LogP contribution in [0.1, 0.15) is 25.5 Å². The summed E-state index contributed by atoms with van der Waals surface area (Å²) in [6.07, 6.45) is 1.72. The zero-order valence-electron chi connectivity index (χ0n) is 11.8. The molecule has 0 aliphatic carbocycles. The number of nitriles is 1. The Morgan fingerprint density at radius 3 is 2.50 bits per heavy atom. The first-order valence-corrected chi connectivity index (χ1v) is 6.38. The summed E-state index contributed by atoms with van der Waals surface area (Å²) in [6, 6.07) is 11.2. The van der Waals surface area contributed by atoms with E-state index >= 15 is 0 Å². The number of para-hydroxylation sites is 1. The molecule has 4 heteroatoms. The molecule has 20 heavy (non-hydrogen) atoms. The van der Waals surface area contributed by atoms with Crippen LogP contribution >= 0.6 is 0 Å². The van der Waals surface area contributed by atoms with Gasteiger partial charge in [-0.2, -0.15) is 5.26 Å². The monoisotopic (exact) mass is 268 g/mol. The zero-order valence-corrected chi connectivity index (χ0v) is 11.8. The van der Waals surface area contributed by atoms with Crippen LogP contribution in [-0.2, 0) is 0 Å². The Kier molecular flexibility index (Phi) is 3.90. The summed E-state index contributed by atoms with van der Waals surface area (Å²) in [4.78, 5) is 12.3. The molecule has 102 valence electrons. The van der Waals surface area contributed by atoms with Crippen LogP contribution in [0.2, 0.25) is 0 Å². The summed E-state index contributed by atoms with van der Waals surface area (Å²) in [5.41, 5.74) is 1.23. The molecule has 0 radical (unpaired) electrons. The van der Waals surface area contributed by atoms with Crippen molar-refractivity contribution in [1.29, 1.82) is 5.26 Å². The second-order valence-corrected chi connectivity index (χ2v) is 4.72. The van der Waals surface area contributed by atoms with Gasteiger partial charge < -0.3 is 9.30 Å². The van der Waals surface area contributed by atoms with Crippen LogP contribution < -0.4 is 10.3 Å². The predicted molar refractivity (Wildman–Crippen MR) is 77.8 cm³/mol. The molecule has 4 nitrogen and oxygen atoms in total. The smallest absolute Gasteiger partial charge is 0.269 e. The third kappa shape index (κ3) is 2.30. The summed E-state index contributed by atoms with van der Waals surface area (Å²) < 4.78 is 6.85. The first-order valence-electron chi connectivity index (χ1n) is 6.38. The fourth-order valence-corrected chi connectivity index (χ4v) is 2.16. The maximum Gasteiger partial charge on any atom is 0.269 e. The first kappa shape index (κ1) is 13.9. The van der Waals surface area contributed by atoms with Crippen molar-refractivity contribution in [2.45, 2.75) is 19.9 Å². The largest absolute Gasteiger partial charge is 0.496 e. The number of benzene rings is 1. The number of hydrogen-bond acceptors (Lipinski definition) is 3. The second-order valence-electron chi connectivity index (χ2n) is 4.72. The van der Waals surface area contributed by atoms with Crippen LogP contribution in [0.4, 0.5) is 0 Å². The van der Waals surface area contributed by atoms with E-state index < -0.39 is 0 Å². The van der Waals surface area contributed by atoms with E-state index in [1.165, 1.54) is 0 Å². The van der Waals surface area contributed by atoms with E-state index in [9.17, 15) is 10.1 Å². The van der Waals surface area contributed by atoms with Crippen LogP contribution in [0, 0.1) is 11.3 Å². The molecule has 0 saturated carbocycles. The Balaban J connectivity index is 2.74. The van der Waals surface area contributed by atoms with Gasteiger partial charge in [0.05, 0.1) is 7.11 Å². The van der Waals surface area contributed by atoms with E-state index in [1.54, 1.807) is 23.9 Å². The fourth-order valence-electron chi connectivity index (χ4n) is 2.16. The van der Waals surface area contributed by atoms with Crippen LogP contribution in [-0.4, -0.2) is 11.7 Å². The van der Waals surface area contributed by atoms with Gasteiger partial charge in [0.1, 0.15) is 17.4 Å². The maximum absolute atomic E-state index is 12.3. The SMILES string of the molecule is COc1ccccc1-c1ccn(C(C)C)c(=O)c1C#N. The molecule has 2 aromatic rings. The Hall–Kier alpha value is -2.54. The number of ether oxygens (including phenoxy) is 1. The number of methoxy groups -OCH3 is 1. The summed E-state index contributed by atoms with van der Waals surface area (Å²) in [7, 11) is 1.57. The van der Waals surface area contributed by atoms with E-state index in [-0.39, 0.29) is 17.2 Å². The van der Waals surface area contributed by atoms with E-state index in [0.717, 1.165) is 5.56 Å². The molecule has 0 unspecified atom stereocenters. The minimum absolute atomic E-state index is 0.0151. The third-order valence-corrected chi connectivity index (χ3v) is 3.18. The van der Waals surface area contributed by atoms with Crippen molar-refractivity contribution >= 4 is 0 Å². The van der Waals surface area contributed by atoms with Gasteiger partial charge in [0.15, 0.2) is 0 Å². The van der Waals surface area contributed by atoms with E-state index in [4.69, 9.17) is 4.74 Å². The lowest BCUT2D eigenvalue weighted by atomic mass is 10.0. The molecule has 0 bridgehead atoms. The predicted octanol–water partition coefficient (Wildman–Crippen LogP) is 2.98. The van der Waals surface area contributed by atoms with E-state index in [1.807, 2.05) is 44.2 Å². The second kappa shape index (κ2) is 5.62. The molecule has 0 N–H and O–H groups in total. The third-order valence-electron chi connectivity index (χ3n) is 3.18. The summed E-state index contributed by atoms with van der Waals surface area (Å²) in [5.74, 6) is 0.644. The number of pyridine rings is 1. The molecule has 0 atom stereocenters. The molecule has 0 spiro atoms. The normalized spacial score (nSPS) is 10.3. The highest BCUT2D eigenvalue weighted by molar-refractivity contribution is 5.75. The van der Waals surface area contributed by atoms with Gasteiger partial charge in [-0.05, 0) is 26.0 Å². The van der Waals surface area contributed by atoms with Gasteiger partial charge in [0, 0.05) is 23.4 Å². The lowest BCUT2D eigenvalue weighted by Crippen LogP contribution is -2.24. The van der Waals surface area contributed by atoms with Crippen molar-refractivity contribution in [3.8, 4) is 22.9 Å². The zero-order chi connectivity index (χ0) is 14.7. The molecular formula is C16H16N2O2. The molecule has 1 aromatic heterocycles. The Labute approximate surface area is 117 Å². The average Bonchev–Trinajstić information content (AvgIpc) is 2.46. The molecular weight excluding hydrogens is 252 g/mol. The highest BCUT2D eigenvalue weighted by atomic mass is 16.5. The summed E-state index contributed by atoms with van der Waals surface area (Å²) >= 11 is 0. The van der Waals surface area contributed by atoms with Gasteiger partial charge in [-0.15, -0.1) is 0 Å². The molecule has 0 aliphatic rings. The van der Waals surface area contributed by atoms with Gasteiger partial charge in [-0.25, -0.2) is 0 Å². The number of hydrogen-bond donors (Lipinski definition) is 0. The Morgan fingerprint density at radius 2 is 1.90 bits per heavy atom.